The number of aliphatic hydroxyl groups is 3. The van der Waals surface area contributed by atoms with Crippen LogP contribution in [0.1, 0.15) is 0 Å². The number of carbonyl (C=O) groups excluding carboxylic acids is 4. The molecule has 17 heteroatoms. The van der Waals surface area contributed by atoms with E-state index in [0.717, 1.165) is 9.80 Å². The van der Waals surface area contributed by atoms with Crippen molar-refractivity contribution < 1.29 is 173 Å². The molecule has 3 N–H and O–H groups in total. The summed E-state index contributed by atoms with van der Waals surface area (Å²) in [6.45, 7) is -3.98. The SMILES string of the molecule is O=C([O-])CN(CCN(CC(=O)[O-])CC(=O)[O-])CC(=O)[O-].OCC(O)CO.[Na+].[Na+].[Na+].[Na+]. The maximum Gasteiger partial charge on any atom is 1.00 e. The number of carbonyl (C=O) groups is 4. The molecule has 0 aliphatic carbocycles. The Balaban J connectivity index is -0.000000126. The molecule has 0 aliphatic heterocycles. The predicted molar refractivity (Wildman–Crippen MR) is 73.1 cm³/mol. The number of nitrogens with zero attached hydrogens (tertiary/aromatic N) is 2. The summed E-state index contributed by atoms with van der Waals surface area (Å²) in [5.41, 5.74) is 0. The van der Waals surface area contributed by atoms with Gasteiger partial charge in [0.05, 0.1) is 37.1 Å². The van der Waals surface area contributed by atoms with Gasteiger partial charge in [-0.25, -0.2) is 0 Å². The summed E-state index contributed by atoms with van der Waals surface area (Å²) < 4.78 is 0. The Bertz CT molecular complexity index is 402. The molecule has 0 atom stereocenters. The van der Waals surface area contributed by atoms with Crippen molar-refractivity contribution >= 4 is 23.9 Å². The molecule has 0 aliphatic rings. The van der Waals surface area contributed by atoms with Crippen LogP contribution in [0.5, 0.6) is 0 Å². The molecule has 13 nitrogen and oxygen atoms in total. The summed E-state index contributed by atoms with van der Waals surface area (Å²) in [6.07, 6.45) is -0.954. The molecule has 0 amide bonds. The third kappa shape index (κ3) is 34.3. The van der Waals surface area contributed by atoms with Gasteiger partial charge in [-0.2, -0.15) is 0 Å². The summed E-state index contributed by atoms with van der Waals surface area (Å²) in [5.74, 6) is -6.12. The van der Waals surface area contributed by atoms with E-state index in [-0.39, 0.29) is 145 Å². The molecule has 0 spiro atoms. The number of carboxylic acid groups (broad SMARTS) is 4. The Hall–Kier alpha value is 1.68. The maximum atomic E-state index is 10.4. The van der Waals surface area contributed by atoms with Gasteiger partial charge in [-0.15, -0.1) is 0 Å². The summed E-state index contributed by atoms with van der Waals surface area (Å²) in [5, 5.41) is 65.6. The van der Waals surface area contributed by atoms with Gasteiger partial charge in [0, 0.05) is 39.3 Å². The first kappa shape index (κ1) is 45.2. The fraction of sp³-hybridized carbons (Fsp3) is 0.692. The van der Waals surface area contributed by atoms with Crippen molar-refractivity contribution in [3.05, 3.63) is 0 Å². The van der Waals surface area contributed by atoms with Crippen LogP contribution in [0, 0.1) is 0 Å². The predicted octanol–water partition coefficient (Wildman–Crippen LogP) is -21.1. The monoisotopic (exact) mass is 472 g/mol. The minimum atomic E-state index is -1.53. The van der Waals surface area contributed by atoms with Crippen LogP contribution in [-0.2, 0) is 19.2 Å². The number of carboxylic acids is 4. The first-order chi connectivity index (χ1) is 12.0. The van der Waals surface area contributed by atoms with Crippen molar-refractivity contribution in [3.8, 4) is 0 Å². The standard InChI is InChI=1S/C10H16N2O8.C3H8O3.4Na/c13-7(14)3-11(4-8(15)16)1-2-12(5-9(17)18)6-10(19)20;4-1-3(6)2-5;;;;/h1-6H2,(H,13,14)(H,15,16)(H,17,18)(H,19,20);3-6H,1-2H2;;;;/q;;4*+1/p-4. The van der Waals surface area contributed by atoms with Crippen LogP contribution in [0.4, 0.5) is 0 Å². The fourth-order valence-electron chi connectivity index (χ4n) is 1.50. The van der Waals surface area contributed by atoms with Crippen LogP contribution in [0.2, 0.25) is 0 Å². The molecule has 0 bridgehead atoms. The Morgan fingerprint density at radius 3 is 0.900 bits per heavy atom. The third-order valence-electron chi connectivity index (χ3n) is 2.56. The number of hydrogen-bond acceptors (Lipinski definition) is 13. The van der Waals surface area contributed by atoms with Gasteiger partial charge in [0.2, 0.25) is 0 Å². The minimum absolute atomic E-state index is 0. The molecule has 0 aromatic carbocycles. The largest absolute Gasteiger partial charge is 1.00 e. The molecule has 0 saturated heterocycles. The molecule has 0 unspecified atom stereocenters. The van der Waals surface area contributed by atoms with Crippen LogP contribution in [0.15, 0.2) is 0 Å². The van der Waals surface area contributed by atoms with Gasteiger partial charge >= 0.3 is 118 Å². The van der Waals surface area contributed by atoms with E-state index < -0.39 is 56.2 Å². The van der Waals surface area contributed by atoms with Crippen molar-refractivity contribution in [3.63, 3.8) is 0 Å². The topological polar surface area (TPSA) is 228 Å². The van der Waals surface area contributed by atoms with Crippen LogP contribution >= 0.6 is 0 Å². The van der Waals surface area contributed by atoms with Crippen molar-refractivity contribution in [1.29, 1.82) is 0 Å². The van der Waals surface area contributed by atoms with Crippen LogP contribution in [0.25, 0.3) is 0 Å². The minimum Gasteiger partial charge on any atom is -0.549 e. The Labute approximate surface area is 262 Å². The van der Waals surface area contributed by atoms with Crippen LogP contribution in [-0.4, -0.2) is 108 Å². The Morgan fingerprint density at radius 1 is 0.600 bits per heavy atom. The second kappa shape index (κ2) is 28.7. The maximum absolute atomic E-state index is 10.4. The second-order valence-corrected chi connectivity index (χ2v) is 4.93. The van der Waals surface area contributed by atoms with E-state index in [1.165, 1.54) is 0 Å². The number of aliphatic carboxylic acids is 4. The van der Waals surface area contributed by atoms with E-state index in [0.29, 0.717) is 0 Å². The molecule has 30 heavy (non-hydrogen) atoms. The molecule has 0 aromatic heterocycles. The van der Waals surface area contributed by atoms with Gasteiger partial charge in [0.25, 0.3) is 0 Å². The molecule has 0 heterocycles. The average molecular weight is 472 g/mol. The molecule has 0 rings (SSSR count). The summed E-state index contributed by atoms with van der Waals surface area (Å²) >= 11 is 0. The average Bonchev–Trinajstić information content (AvgIpc) is 2.50. The summed E-state index contributed by atoms with van der Waals surface area (Å²) in [4.78, 5) is 43.4. The van der Waals surface area contributed by atoms with Crippen molar-refractivity contribution in [1.82, 2.24) is 9.80 Å². The second-order valence-electron chi connectivity index (χ2n) is 4.93. The smallest absolute Gasteiger partial charge is 0.549 e. The molecule has 152 valence electrons. The van der Waals surface area contributed by atoms with E-state index in [9.17, 15) is 39.6 Å². The molecule has 0 saturated carbocycles. The Morgan fingerprint density at radius 2 is 0.800 bits per heavy atom. The van der Waals surface area contributed by atoms with Gasteiger partial charge < -0.3 is 54.9 Å². The first-order valence-corrected chi connectivity index (χ1v) is 7.15. The fourth-order valence-corrected chi connectivity index (χ4v) is 1.50. The van der Waals surface area contributed by atoms with E-state index >= 15 is 0 Å². The quantitative estimate of drug-likeness (QED) is 0.212. The zero-order valence-electron chi connectivity index (χ0n) is 17.7. The zero-order chi connectivity index (χ0) is 20.7. The van der Waals surface area contributed by atoms with Gasteiger partial charge in [-0.3, -0.25) is 9.80 Å². The molecular formula is C13H20N2Na4O11. The van der Waals surface area contributed by atoms with Crippen molar-refractivity contribution in [2.24, 2.45) is 0 Å². The van der Waals surface area contributed by atoms with Gasteiger partial charge in [0.1, 0.15) is 6.10 Å². The first-order valence-electron chi connectivity index (χ1n) is 7.15. The normalized spacial score (nSPS) is 9.13. The van der Waals surface area contributed by atoms with E-state index in [1.54, 1.807) is 0 Å². The van der Waals surface area contributed by atoms with Crippen molar-refractivity contribution in [2.75, 3.05) is 52.5 Å². The zero-order valence-corrected chi connectivity index (χ0v) is 25.7. The van der Waals surface area contributed by atoms with Crippen LogP contribution < -0.4 is 139 Å². The van der Waals surface area contributed by atoms with E-state index in [4.69, 9.17) is 15.3 Å². The number of rotatable bonds is 13. The van der Waals surface area contributed by atoms with Crippen molar-refractivity contribution in [2.45, 2.75) is 6.10 Å². The molecular weight excluding hydrogens is 452 g/mol. The van der Waals surface area contributed by atoms with Gasteiger partial charge in [0.15, 0.2) is 0 Å². The van der Waals surface area contributed by atoms with E-state index in [2.05, 4.69) is 0 Å². The molecule has 0 aromatic rings. The number of aliphatic hydroxyl groups excluding tert-OH is 3. The van der Waals surface area contributed by atoms with Crippen LogP contribution in [0.3, 0.4) is 0 Å². The summed E-state index contributed by atoms with van der Waals surface area (Å²) in [7, 11) is 0. The third-order valence-corrected chi connectivity index (χ3v) is 2.56. The van der Waals surface area contributed by atoms with Gasteiger partial charge in [-0.1, -0.05) is 0 Å². The Kier molecular flexibility index (Phi) is 43.3. The number of hydrogen-bond donors (Lipinski definition) is 3. The summed E-state index contributed by atoms with van der Waals surface area (Å²) in [6, 6.07) is 0. The van der Waals surface area contributed by atoms with E-state index in [1.807, 2.05) is 0 Å². The van der Waals surface area contributed by atoms with Gasteiger partial charge in [-0.05, 0) is 0 Å². The molecule has 0 radical (unpaired) electrons. The molecule has 0 fully saturated rings.